The van der Waals surface area contributed by atoms with Gasteiger partial charge < -0.3 is 4.42 Å². The second kappa shape index (κ2) is 7.09. The summed E-state index contributed by atoms with van der Waals surface area (Å²) in [5.74, 6) is -1.07. The van der Waals surface area contributed by atoms with E-state index in [1.54, 1.807) is 12.1 Å². The highest BCUT2D eigenvalue weighted by Crippen LogP contribution is 2.41. The number of hydrogen-bond acceptors (Lipinski definition) is 6. The fourth-order valence-electron chi connectivity index (χ4n) is 3.93. The number of aromatic nitrogens is 1. The van der Waals surface area contributed by atoms with E-state index in [2.05, 4.69) is 4.98 Å². The summed E-state index contributed by atoms with van der Waals surface area (Å²) in [6, 6.07) is 11.5. The molecule has 8 nitrogen and oxygen atoms in total. The monoisotopic (exact) mass is 431 g/mol. The first-order chi connectivity index (χ1) is 15.3. The van der Waals surface area contributed by atoms with Crippen LogP contribution in [0.4, 0.5) is 15.9 Å². The zero-order chi connectivity index (χ0) is 22.6. The second-order valence-corrected chi connectivity index (χ2v) is 7.43. The van der Waals surface area contributed by atoms with Crippen molar-refractivity contribution in [1.29, 1.82) is 0 Å². The minimum atomic E-state index is -0.948. The van der Waals surface area contributed by atoms with Crippen LogP contribution in [0.15, 0.2) is 70.0 Å². The Labute approximate surface area is 179 Å². The number of anilines is 1. The molecule has 2 aromatic heterocycles. The van der Waals surface area contributed by atoms with Crippen molar-refractivity contribution < 1.29 is 18.5 Å². The van der Waals surface area contributed by atoms with Gasteiger partial charge in [0.05, 0.1) is 21.9 Å². The molecule has 3 heterocycles. The van der Waals surface area contributed by atoms with E-state index in [-0.39, 0.29) is 28.0 Å². The van der Waals surface area contributed by atoms with Gasteiger partial charge in [0.1, 0.15) is 17.2 Å². The van der Waals surface area contributed by atoms with E-state index in [9.17, 15) is 24.1 Å². The molecule has 32 heavy (non-hydrogen) atoms. The predicted molar refractivity (Wildman–Crippen MR) is 113 cm³/mol. The Balaban J connectivity index is 1.80. The fourth-order valence-corrected chi connectivity index (χ4v) is 3.93. The molecule has 1 atom stereocenters. The lowest BCUT2D eigenvalue weighted by molar-refractivity contribution is -0.384. The fraction of sp³-hybridized carbons (Fsp3) is 0.0870. The molecule has 9 heteroatoms. The number of carbonyl (C=O) groups excluding carboxylic acids is 1. The van der Waals surface area contributed by atoms with E-state index in [1.807, 2.05) is 6.92 Å². The molecule has 158 valence electrons. The third kappa shape index (κ3) is 2.94. The molecule has 0 fully saturated rings. The molecule has 0 saturated heterocycles. The Bertz CT molecular complexity index is 1480. The number of nitrogens with zero attached hydrogens (tertiary/aromatic N) is 3. The van der Waals surface area contributed by atoms with Crippen LogP contribution in [0.2, 0.25) is 0 Å². The molecular weight excluding hydrogens is 417 g/mol. The summed E-state index contributed by atoms with van der Waals surface area (Å²) < 4.78 is 19.6. The maximum Gasteiger partial charge on any atom is 0.296 e. The number of hydrogen-bond donors (Lipinski definition) is 0. The topological polar surface area (TPSA) is 107 Å². The van der Waals surface area contributed by atoms with Crippen molar-refractivity contribution in [2.24, 2.45) is 0 Å². The average molecular weight is 431 g/mol. The first-order valence-electron chi connectivity index (χ1n) is 9.62. The molecule has 0 saturated carbocycles. The van der Waals surface area contributed by atoms with Gasteiger partial charge in [-0.2, -0.15) is 0 Å². The third-order valence-electron chi connectivity index (χ3n) is 5.40. The van der Waals surface area contributed by atoms with E-state index >= 15 is 0 Å². The van der Waals surface area contributed by atoms with Crippen molar-refractivity contribution in [3.8, 4) is 0 Å². The standard InChI is InChI=1S/C23H14FN3O5/c1-12-8-9-25-18(10-12)26-20(13-2-5-15(6-3-13)27(30)31)19-21(28)16-11-14(24)4-7-17(16)32-22(19)23(26)29/h2-11,20H,1H3/t20-/m0/s1. The highest BCUT2D eigenvalue weighted by atomic mass is 19.1. The summed E-state index contributed by atoms with van der Waals surface area (Å²) in [5, 5.41) is 11.1. The van der Waals surface area contributed by atoms with Gasteiger partial charge in [0, 0.05) is 18.3 Å². The van der Waals surface area contributed by atoms with Gasteiger partial charge in [-0.3, -0.25) is 24.6 Å². The molecule has 1 amide bonds. The predicted octanol–water partition coefficient (Wildman–Crippen LogP) is 4.29. The average Bonchev–Trinajstić information content (AvgIpc) is 3.07. The van der Waals surface area contributed by atoms with Crippen LogP contribution in [-0.4, -0.2) is 15.8 Å². The Hall–Kier alpha value is -4.40. The molecule has 0 unspecified atom stereocenters. The number of nitro benzene ring substituents is 1. The van der Waals surface area contributed by atoms with E-state index in [0.29, 0.717) is 11.4 Å². The van der Waals surface area contributed by atoms with Crippen molar-refractivity contribution in [2.75, 3.05) is 4.90 Å². The van der Waals surface area contributed by atoms with Crippen LogP contribution in [0.3, 0.4) is 0 Å². The van der Waals surface area contributed by atoms with Crippen molar-refractivity contribution >= 4 is 28.4 Å². The summed E-state index contributed by atoms with van der Waals surface area (Å²) in [6.45, 7) is 1.83. The van der Waals surface area contributed by atoms with Gasteiger partial charge in [-0.25, -0.2) is 9.37 Å². The van der Waals surface area contributed by atoms with E-state index < -0.39 is 28.1 Å². The van der Waals surface area contributed by atoms with Crippen LogP contribution in [-0.2, 0) is 0 Å². The largest absolute Gasteiger partial charge is 0.450 e. The molecule has 0 aliphatic carbocycles. The summed E-state index contributed by atoms with van der Waals surface area (Å²) in [4.78, 5) is 42.9. The van der Waals surface area contributed by atoms with Gasteiger partial charge in [0.2, 0.25) is 5.76 Å². The number of fused-ring (bicyclic) bond motifs is 2. The van der Waals surface area contributed by atoms with Gasteiger partial charge in [0.25, 0.3) is 11.6 Å². The minimum absolute atomic E-state index is 0.00233. The number of halogens is 1. The van der Waals surface area contributed by atoms with Crippen LogP contribution in [0.5, 0.6) is 0 Å². The van der Waals surface area contributed by atoms with Crippen molar-refractivity contribution in [3.63, 3.8) is 0 Å². The Morgan fingerprint density at radius 1 is 1.09 bits per heavy atom. The van der Waals surface area contributed by atoms with Crippen molar-refractivity contribution in [1.82, 2.24) is 4.98 Å². The van der Waals surface area contributed by atoms with Crippen LogP contribution >= 0.6 is 0 Å². The van der Waals surface area contributed by atoms with Crippen LogP contribution in [0.25, 0.3) is 11.0 Å². The molecule has 1 aliphatic rings. The maximum atomic E-state index is 13.8. The first kappa shape index (κ1) is 19.6. The van der Waals surface area contributed by atoms with Crippen molar-refractivity contribution in [2.45, 2.75) is 13.0 Å². The molecule has 0 bridgehead atoms. The summed E-state index contributed by atoms with van der Waals surface area (Å²) in [5.41, 5.74) is 0.732. The van der Waals surface area contributed by atoms with Crippen LogP contribution < -0.4 is 10.3 Å². The normalized spacial score (nSPS) is 15.2. The second-order valence-electron chi connectivity index (χ2n) is 7.43. The summed E-state index contributed by atoms with van der Waals surface area (Å²) >= 11 is 0. The van der Waals surface area contributed by atoms with Gasteiger partial charge in [-0.15, -0.1) is 0 Å². The minimum Gasteiger partial charge on any atom is -0.450 e. The molecule has 0 spiro atoms. The maximum absolute atomic E-state index is 13.8. The van der Waals surface area contributed by atoms with Crippen LogP contribution in [0.1, 0.15) is 33.3 Å². The molecule has 0 radical (unpaired) electrons. The lowest BCUT2D eigenvalue weighted by Gasteiger charge is -2.24. The number of amides is 1. The van der Waals surface area contributed by atoms with E-state index in [4.69, 9.17) is 4.42 Å². The smallest absolute Gasteiger partial charge is 0.296 e. The lowest BCUT2D eigenvalue weighted by atomic mass is 9.98. The van der Waals surface area contributed by atoms with Crippen LogP contribution in [0, 0.1) is 22.9 Å². The number of non-ortho nitro benzene ring substituents is 1. The quantitative estimate of drug-likeness (QED) is 0.354. The summed E-state index contributed by atoms with van der Waals surface area (Å²) in [6.07, 6.45) is 1.54. The van der Waals surface area contributed by atoms with E-state index in [1.165, 1.54) is 41.4 Å². The third-order valence-corrected chi connectivity index (χ3v) is 5.40. The molecular formula is C23H14FN3O5. The number of carbonyl (C=O) groups is 1. The summed E-state index contributed by atoms with van der Waals surface area (Å²) in [7, 11) is 0. The van der Waals surface area contributed by atoms with Gasteiger partial charge in [-0.1, -0.05) is 0 Å². The van der Waals surface area contributed by atoms with Gasteiger partial charge >= 0.3 is 0 Å². The zero-order valence-corrected chi connectivity index (χ0v) is 16.6. The highest BCUT2D eigenvalue weighted by molar-refractivity contribution is 6.10. The van der Waals surface area contributed by atoms with E-state index in [0.717, 1.165) is 17.7 Å². The molecule has 1 aliphatic heterocycles. The molecule has 5 rings (SSSR count). The molecule has 4 aromatic rings. The Kier molecular flexibility index (Phi) is 4.33. The number of aryl methyl sites for hydroxylation is 1. The first-order valence-corrected chi connectivity index (χ1v) is 9.62. The lowest BCUT2D eigenvalue weighted by Crippen LogP contribution is -2.30. The Morgan fingerprint density at radius 2 is 1.84 bits per heavy atom. The van der Waals surface area contributed by atoms with Gasteiger partial charge in [0.15, 0.2) is 5.43 Å². The number of pyridine rings is 1. The Morgan fingerprint density at radius 3 is 2.53 bits per heavy atom. The SMILES string of the molecule is Cc1ccnc(N2C(=O)c3oc4ccc(F)cc4c(=O)c3[C@@H]2c2ccc([N+](=O)[O-])cc2)c1. The molecule has 2 aromatic carbocycles. The number of benzene rings is 2. The highest BCUT2D eigenvalue weighted by Gasteiger charge is 2.44. The van der Waals surface area contributed by atoms with Gasteiger partial charge in [-0.05, 0) is 60.5 Å². The number of nitro groups is 1. The number of rotatable bonds is 3. The zero-order valence-electron chi connectivity index (χ0n) is 16.6. The van der Waals surface area contributed by atoms with Crippen molar-refractivity contribution in [3.05, 3.63) is 109 Å². The molecule has 0 N–H and O–H groups in total.